The Hall–Kier alpha value is -2.53. The predicted octanol–water partition coefficient (Wildman–Crippen LogP) is 2.21. The maximum atomic E-state index is 13.2. The second-order valence-corrected chi connectivity index (χ2v) is 5.17. The van der Waals surface area contributed by atoms with Crippen LogP contribution in [0.3, 0.4) is 0 Å². The van der Waals surface area contributed by atoms with E-state index in [0.29, 0.717) is 10.2 Å². The highest BCUT2D eigenvalue weighted by molar-refractivity contribution is 9.10. The summed E-state index contributed by atoms with van der Waals surface area (Å²) in [7, 11) is 0. The maximum absolute atomic E-state index is 13.2. The average molecular weight is 416 g/mol. The maximum Gasteiger partial charge on any atom is 0.446 e. The summed E-state index contributed by atoms with van der Waals surface area (Å²) in [6.45, 7) is 4.06. The molecule has 0 aliphatic heterocycles. The van der Waals surface area contributed by atoms with Gasteiger partial charge >= 0.3 is 5.76 Å². The first-order valence-corrected chi connectivity index (χ1v) is 8.13. The first-order valence-electron chi connectivity index (χ1n) is 7.33. The van der Waals surface area contributed by atoms with Gasteiger partial charge in [-0.25, -0.2) is 18.4 Å². The van der Waals surface area contributed by atoms with E-state index >= 15 is 0 Å². The highest BCUT2D eigenvalue weighted by Gasteiger charge is 2.23. The van der Waals surface area contributed by atoms with Crippen molar-refractivity contribution in [2.24, 2.45) is 0 Å². The van der Waals surface area contributed by atoms with Crippen LogP contribution in [-0.4, -0.2) is 38.3 Å². The van der Waals surface area contributed by atoms with Crippen molar-refractivity contribution in [3.63, 3.8) is 0 Å². The van der Waals surface area contributed by atoms with E-state index in [9.17, 15) is 9.18 Å². The van der Waals surface area contributed by atoms with Crippen molar-refractivity contribution >= 4 is 21.7 Å². The Morgan fingerprint density at radius 3 is 2.76 bits per heavy atom. The Morgan fingerprint density at radius 1 is 1.32 bits per heavy atom. The molecule has 11 heteroatoms. The first kappa shape index (κ1) is 18.8. The quantitative estimate of drug-likeness (QED) is 0.650. The van der Waals surface area contributed by atoms with Crippen LogP contribution in [-0.2, 0) is 0 Å². The number of benzene rings is 1. The van der Waals surface area contributed by atoms with Gasteiger partial charge in [-0.05, 0) is 44.4 Å². The van der Waals surface area contributed by atoms with Crippen LogP contribution >= 0.6 is 15.9 Å². The van der Waals surface area contributed by atoms with Crippen molar-refractivity contribution in [3.8, 4) is 17.2 Å². The number of rotatable bonds is 5. The van der Waals surface area contributed by atoms with Crippen LogP contribution < -0.4 is 11.1 Å². The SMILES string of the molecule is CC.O=c1onc(-c2nonc2NCCO)n1-c1ccc(F)cc1Br. The fourth-order valence-electron chi connectivity index (χ4n) is 1.90. The van der Waals surface area contributed by atoms with Crippen molar-refractivity contribution in [3.05, 3.63) is 39.0 Å². The predicted molar refractivity (Wildman–Crippen MR) is 90.0 cm³/mol. The molecule has 9 nitrogen and oxygen atoms in total. The zero-order valence-corrected chi connectivity index (χ0v) is 14.9. The highest BCUT2D eigenvalue weighted by Crippen LogP contribution is 2.27. The summed E-state index contributed by atoms with van der Waals surface area (Å²) in [4.78, 5) is 12.0. The van der Waals surface area contributed by atoms with E-state index in [1.807, 2.05) is 13.8 Å². The molecule has 3 aromatic rings. The number of hydrogen-bond donors (Lipinski definition) is 2. The van der Waals surface area contributed by atoms with Crippen molar-refractivity contribution in [2.45, 2.75) is 13.8 Å². The summed E-state index contributed by atoms with van der Waals surface area (Å²) in [5.74, 6) is -1.06. The van der Waals surface area contributed by atoms with Crippen LogP contribution in [0.2, 0.25) is 0 Å². The normalized spacial score (nSPS) is 10.3. The molecule has 0 fully saturated rings. The topological polar surface area (TPSA) is 119 Å². The zero-order valence-electron chi connectivity index (χ0n) is 13.4. The number of aliphatic hydroxyl groups excluding tert-OH is 1. The third-order valence-corrected chi connectivity index (χ3v) is 3.49. The van der Waals surface area contributed by atoms with E-state index in [1.54, 1.807) is 0 Å². The Kier molecular flexibility index (Phi) is 6.42. The summed E-state index contributed by atoms with van der Waals surface area (Å²) >= 11 is 3.18. The molecule has 0 spiro atoms. The number of aliphatic hydroxyl groups is 1. The van der Waals surface area contributed by atoms with E-state index in [4.69, 9.17) is 5.11 Å². The lowest BCUT2D eigenvalue weighted by molar-refractivity contribution is 0.304. The molecule has 2 N–H and O–H groups in total. The molecular weight excluding hydrogens is 401 g/mol. The van der Waals surface area contributed by atoms with E-state index in [1.165, 1.54) is 18.2 Å². The summed E-state index contributed by atoms with van der Waals surface area (Å²) in [5.41, 5.74) is 0.421. The molecule has 25 heavy (non-hydrogen) atoms. The van der Waals surface area contributed by atoms with Gasteiger partial charge in [0.25, 0.3) is 0 Å². The van der Waals surface area contributed by atoms with Gasteiger partial charge in [0.15, 0.2) is 5.69 Å². The molecule has 0 saturated carbocycles. The van der Waals surface area contributed by atoms with Crippen molar-refractivity contribution in [1.82, 2.24) is 20.0 Å². The second kappa shape index (κ2) is 8.53. The standard InChI is InChI=1S/C12H9BrFN5O4.C2H6/c13-7-5-6(14)1-2-8(7)19-11(18-22-12(19)21)9-10(15-3-4-20)17-23-16-9;1-2/h1-2,5,20H,3-4H2,(H,15,17);1-2H3. The second-order valence-electron chi connectivity index (χ2n) is 4.32. The minimum Gasteiger partial charge on any atom is -0.395 e. The van der Waals surface area contributed by atoms with Crippen LogP contribution in [0.5, 0.6) is 0 Å². The lowest BCUT2D eigenvalue weighted by Gasteiger charge is -2.06. The third-order valence-electron chi connectivity index (χ3n) is 2.86. The molecule has 1 aromatic carbocycles. The number of halogens is 2. The van der Waals surface area contributed by atoms with Gasteiger partial charge in [-0.15, -0.1) is 0 Å². The fourth-order valence-corrected chi connectivity index (χ4v) is 2.43. The minimum absolute atomic E-state index is 0.0176. The molecule has 2 heterocycles. The van der Waals surface area contributed by atoms with Crippen LogP contribution in [0, 0.1) is 5.82 Å². The fraction of sp³-hybridized carbons (Fsp3) is 0.286. The van der Waals surface area contributed by atoms with Crippen LogP contribution in [0.4, 0.5) is 10.2 Å². The number of nitrogens with zero attached hydrogens (tertiary/aromatic N) is 4. The Bertz CT molecular complexity index is 891. The smallest absolute Gasteiger partial charge is 0.395 e. The number of aromatic nitrogens is 4. The molecule has 134 valence electrons. The Morgan fingerprint density at radius 2 is 2.08 bits per heavy atom. The zero-order chi connectivity index (χ0) is 18.4. The number of hydrogen-bond acceptors (Lipinski definition) is 8. The Balaban J connectivity index is 0.00000109. The van der Waals surface area contributed by atoms with E-state index in [2.05, 4.69) is 45.9 Å². The van der Waals surface area contributed by atoms with Crippen LogP contribution in [0.1, 0.15) is 13.8 Å². The molecular formula is C14H15BrFN5O4. The lowest BCUT2D eigenvalue weighted by atomic mass is 10.3. The molecule has 0 aliphatic carbocycles. The van der Waals surface area contributed by atoms with Crippen molar-refractivity contribution in [2.75, 3.05) is 18.5 Å². The number of anilines is 1. The van der Waals surface area contributed by atoms with E-state index in [-0.39, 0.29) is 30.5 Å². The monoisotopic (exact) mass is 415 g/mol. The first-order chi connectivity index (χ1) is 12.1. The van der Waals surface area contributed by atoms with Gasteiger partial charge in [0.05, 0.1) is 12.3 Å². The van der Waals surface area contributed by atoms with Gasteiger partial charge in [0.2, 0.25) is 11.6 Å². The summed E-state index contributed by atoms with van der Waals surface area (Å²) < 4.78 is 24.0. The largest absolute Gasteiger partial charge is 0.446 e. The molecule has 0 amide bonds. The molecule has 2 aromatic heterocycles. The summed E-state index contributed by atoms with van der Waals surface area (Å²) in [6, 6.07) is 3.77. The summed E-state index contributed by atoms with van der Waals surface area (Å²) in [6.07, 6.45) is 0. The molecule has 0 bridgehead atoms. The van der Waals surface area contributed by atoms with Crippen LogP contribution in [0.25, 0.3) is 17.2 Å². The summed E-state index contributed by atoms with van der Waals surface area (Å²) in [5, 5.41) is 22.6. The molecule has 0 aliphatic rings. The van der Waals surface area contributed by atoms with Crippen LogP contribution in [0.15, 0.2) is 36.6 Å². The van der Waals surface area contributed by atoms with Gasteiger partial charge in [-0.1, -0.05) is 19.0 Å². The molecule has 0 radical (unpaired) electrons. The van der Waals surface area contributed by atoms with E-state index in [0.717, 1.165) is 4.57 Å². The van der Waals surface area contributed by atoms with Gasteiger partial charge in [-0.2, -0.15) is 0 Å². The van der Waals surface area contributed by atoms with Gasteiger partial charge in [0.1, 0.15) is 5.82 Å². The highest BCUT2D eigenvalue weighted by atomic mass is 79.9. The Labute approximate surface area is 149 Å². The molecule has 0 saturated heterocycles. The molecule has 0 unspecified atom stereocenters. The van der Waals surface area contributed by atoms with Crippen molar-refractivity contribution < 1.29 is 18.6 Å². The van der Waals surface area contributed by atoms with Gasteiger partial charge in [-0.3, -0.25) is 4.52 Å². The minimum atomic E-state index is -0.789. The molecule has 0 atom stereocenters. The van der Waals surface area contributed by atoms with Gasteiger partial charge in [0, 0.05) is 11.0 Å². The van der Waals surface area contributed by atoms with Gasteiger partial charge < -0.3 is 10.4 Å². The average Bonchev–Trinajstić information content (AvgIpc) is 3.21. The molecule has 3 rings (SSSR count). The van der Waals surface area contributed by atoms with Crippen molar-refractivity contribution in [1.29, 1.82) is 0 Å². The third kappa shape index (κ3) is 3.94. The number of nitrogens with one attached hydrogen (secondary N) is 1. The van der Waals surface area contributed by atoms with E-state index < -0.39 is 11.6 Å². The lowest BCUT2D eigenvalue weighted by Crippen LogP contribution is -2.15.